The fourth-order valence-corrected chi connectivity index (χ4v) is 7.24. The van der Waals surface area contributed by atoms with Crippen LogP contribution in [0.3, 0.4) is 0 Å². The van der Waals surface area contributed by atoms with Gasteiger partial charge in [-0.1, -0.05) is 36.4 Å². The Morgan fingerprint density at radius 1 is 0.661 bits per heavy atom. The first-order valence-electron chi connectivity index (χ1n) is 19.4. The molecule has 0 radical (unpaired) electrons. The number of rotatable bonds is 13. The number of carbonyl (C=O) groups excluding carboxylic acids is 3. The number of ether oxygens (including phenoxy) is 4. The first kappa shape index (κ1) is 44.8. The molecule has 62 heavy (non-hydrogen) atoms. The van der Waals surface area contributed by atoms with Crippen LogP contribution in [0.2, 0.25) is 0 Å². The predicted octanol–water partition coefficient (Wildman–Crippen LogP) is 9.13. The Morgan fingerprint density at radius 3 is 1.71 bits per heavy atom. The molecule has 1 atom stereocenters. The molecule has 326 valence electrons. The highest BCUT2D eigenvalue weighted by Crippen LogP contribution is 2.38. The van der Waals surface area contributed by atoms with Crippen molar-refractivity contribution in [2.75, 3.05) is 41.0 Å². The van der Waals surface area contributed by atoms with Gasteiger partial charge in [0.2, 0.25) is 5.91 Å². The van der Waals surface area contributed by atoms with Crippen molar-refractivity contribution in [2.45, 2.75) is 43.7 Å². The summed E-state index contributed by atoms with van der Waals surface area (Å²) in [7, 11) is 4.49. The molecule has 0 saturated carbocycles. The zero-order valence-corrected chi connectivity index (χ0v) is 34.1. The van der Waals surface area contributed by atoms with Gasteiger partial charge in [-0.2, -0.15) is 26.3 Å². The summed E-state index contributed by atoms with van der Waals surface area (Å²) in [4.78, 5) is 43.7. The average Bonchev–Trinajstić information content (AvgIpc) is 3.27. The normalized spacial score (nSPS) is 14.3. The van der Waals surface area contributed by atoms with Crippen LogP contribution in [-0.2, 0) is 17.1 Å². The van der Waals surface area contributed by atoms with Crippen LogP contribution in [0.15, 0.2) is 109 Å². The van der Waals surface area contributed by atoms with E-state index >= 15 is 0 Å². The van der Waals surface area contributed by atoms with Crippen LogP contribution in [-0.4, -0.2) is 69.2 Å². The van der Waals surface area contributed by atoms with Crippen molar-refractivity contribution in [1.82, 2.24) is 15.5 Å². The lowest BCUT2D eigenvalue weighted by atomic mass is 9.84. The van der Waals surface area contributed by atoms with Crippen LogP contribution in [0.25, 0.3) is 11.1 Å². The molecule has 0 aliphatic carbocycles. The van der Waals surface area contributed by atoms with Crippen molar-refractivity contribution in [3.05, 3.63) is 143 Å². The minimum Gasteiger partial charge on any atom is -0.497 e. The summed E-state index contributed by atoms with van der Waals surface area (Å²) in [6.45, 7) is 1.61. The third-order valence-corrected chi connectivity index (χ3v) is 10.6. The van der Waals surface area contributed by atoms with E-state index in [1.54, 1.807) is 86.0 Å². The largest absolute Gasteiger partial charge is 0.497 e. The van der Waals surface area contributed by atoms with E-state index in [1.807, 2.05) is 19.1 Å². The van der Waals surface area contributed by atoms with Crippen molar-refractivity contribution in [3.8, 4) is 34.1 Å². The minimum atomic E-state index is -5.17. The van der Waals surface area contributed by atoms with Crippen LogP contribution < -0.4 is 29.6 Å². The van der Waals surface area contributed by atoms with Crippen molar-refractivity contribution in [1.29, 1.82) is 0 Å². The topological polar surface area (TPSA) is 115 Å². The SMILES string of the molecule is CCOc1ccc(C(NC(=O)C2(NC(=O)c3ccc(-c4ccc(OC)cc4)cc3)CCN(C(=O)c3cc(C(F)(F)F)cc(C(F)(F)F)c3)CC2)c2ccc(OC)cc2OC)cc1. The van der Waals surface area contributed by atoms with Gasteiger partial charge in [-0.15, -0.1) is 0 Å². The van der Waals surface area contributed by atoms with Gasteiger partial charge in [0.25, 0.3) is 11.8 Å². The molecule has 0 bridgehead atoms. The average molecular weight is 864 g/mol. The van der Waals surface area contributed by atoms with Crippen LogP contribution >= 0.6 is 0 Å². The summed E-state index contributed by atoms with van der Waals surface area (Å²) in [5.74, 6) is -0.354. The van der Waals surface area contributed by atoms with E-state index in [9.17, 15) is 40.7 Å². The van der Waals surface area contributed by atoms with Gasteiger partial charge in [0.1, 0.15) is 28.5 Å². The molecule has 16 heteroatoms. The molecule has 1 heterocycles. The van der Waals surface area contributed by atoms with Gasteiger partial charge in [0, 0.05) is 35.8 Å². The summed E-state index contributed by atoms with van der Waals surface area (Å²) < 4.78 is 104. The maximum atomic E-state index is 14.9. The fourth-order valence-electron chi connectivity index (χ4n) is 7.24. The van der Waals surface area contributed by atoms with E-state index < -0.39 is 58.3 Å². The maximum absolute atomic E-state index is 14.9. The molecule has 1 fully saturated rings. The van der Waals surface area contributed by atoms with Crippen molar-refractivity contribution < 1.29 is 59.7 Å². The molecule has 5 aromatic carbocycles. The second-order valence-corrected chi connectivity index (χ2v) is 14.4. The molecule has 1 aliphatic heterocycles. The van der Waals surface area contributed by atoms with Gasteiger partial charge < -0.3 is 34.5 Å². The lowest BCUT2D eigenvalue weighted by Gasteiger charge is -2.42. The maximum Gasteiger partial charge on any atom is 0.416 e. The Labute approximate surface area is 353 Å². The fraction of sp³-hybridized carbons (Fsp3) is 0.283. The number of hydrogen-bond acceptors (Lipinski definition) is 7. The number of nitrogens with zero attached hydrogens (tertiary/aromatic N) is 1. The Hall–Kier alpha value is -6.71. The minimum absolute atomic E-state index is 0.0555. The molecule has 6 rings (SSSR count). The second kappa shape index (κ2) is 18.5. The number of alkyl halides is 6. The quantitative estimate of drug-likeness (QED) is 0.114. The first-order chi connectivity index (χ1) is 29.5. The Balaban J connectivity index is 1.35. The van der Waals surface area contributed by atoms with Gasteiger partial charge in [-0.25, -0.2) is 0 Å². The van der Waals surface area contributed by atoms with Gasteiger partial charge in [-0.3, -0.25) is 14.4 Å². The number of hydrogen-bond donors (Lipinski definition) is 2. The van der Waals surface area contributed by atoms with E-state index in [4.69, 9.17) is 18.9 Å². The summed E-state index contributed by atoms with van der Waals surface area (Å²) >= 11 is 0. The number of amides is 3. The molecule has 10 nitrogen and oxygen atoms in total. The monoisotopic (exact) mass is 863 g/mol. The lowest BCUT2D eigenvalue weighted by Crippen LogP contribution is -2.64. The first-order valence-corrected chi connectivity index (χ1v) is 19.4. The number of piperidine rings is 1. The van der Waals surface area contributed by atoms with E-state index in [2.05, 4.69) is 10.6 Å². The molecule has 0 spiro atoms. The molecule has 1 saturated heterocycles. The standard InChI is InChI=1S/C46H43F6N3O7/c1-5-62-36-16-12-30(13-17-36)40(38-19-18-37(60-3)27-39(38)61-4)53-43(58)44(54-41(56)31-8-6-28(7-9-31)29-10-14-35(59-2)15-11-29)20-22-55(23-21-44)42(57)32-24-33(45(47,48)49)26-34(25-32)46(50,51)52/h6-19,24-27,40H,5,20-23H2,1-4H3,(H,53,58)(H,54,56). The molecule has 2 N–H and O–H groups in total. The smallest absolute Gasteiger partial charge is 0.416 e. The molecule has 0 aromatic heterocycles. The third kappa shape index (κ3) is 10.1. The second-order valence-electron chi connectivity index (χ2n) is 14.4. The highest BCUT2D eigenvalue weighted by atomic mass is 19.4. The molecule has 5 aromatic rings. The van der Waals surface area contributed by atoms with E-state index in [1.165, 1.54) is 14.2 Å². The molecular weight excluding hydrogens is 821 g/mol. The molecular formula is C46H43F6N3O7. The highest BCUT2D eigenvalue weighted by Gasteiger charge is 2.46. The summed E-state index contributed by atoms with van der Waals surface area (Å²) in [5.41, 5.74) is -2.90. The molecule has 3 amide bonds. The van der Waals surface area contributed by atoms with Crippen molar-refractivity contribution in [3.63, 3.8) is 0 Å². The predicted molar refractivity (Wildman–Crippen MR) is 217 cm³/mol. The van der Waals surface area contributed by atoms with Crippen LogP contribution in [0.1, 0.15) is 68.8 Å². The number of likely N-dealkylation sites (tertiary alicyclic amines) is 1. The molecule has 1 unspecified atom stereocenters. The number of nitrogens with one attached hydrogen (secondary N) is 2. The van der Waals surface area contributed by atoms with Crippen LogP contribution in [0.5, 0.6) is 23.0 Å². The summed E-state index contributed by atoms with van der Waals surface area (Å²) in [5, 5.41) is 5.95. The Morgan fingerprint density at radius 2 is 1.19 bits per heavy atom. The summed E-state index contributed by atoms with van der Waals surface area (Å²) in [6.07, 6.45) is -10.9. The highest BCUT2D eigenvalue weighted by molar-refractivity contribution is 6.00. The van der Waals surface area contributed by atoms with Crippen molar-refractivity contribution >= 4 is 17.7 Å². The summed E-state index contributed by atoms with van der Waals surface area (Å²) in [6, 6.07) is 25.7. The van der Waals surface area contributed by atoms with E-state index in [-0.39, 0.29) is 37.6 Å². The number of halogens is 6. The van der Waals surface area contributed by atoms with Gasteiger partial charge in [0.05, 0.1) is 45.1 Å². The molecule has 1 aliphatic rings. The van der Waals surface area contributed by atoms with Gasteiger partial charge in [0.15, 0.2) is 0 Å². The zero-order chi connectivity index (χ0) is 44.8. The number of methoxy groups -OCH3 is 3. The lowest BCUT2D eigenvalue weighted by molar-refractivity contribution is -0.143. The van der Waals surface area contributed by atoms with Gasteiger partial charge >= 0.3 is 12.4 Å². The van der Waals surface area contributed by atoms with Gasteiger partial charge in [-0.05, 0) is 103 Å². The Kier molecular flexibility index (Phi) is 13.4. The van der Waals surface area contributed by atoms with Crippen LogP contribution in [0.4, 0.5) is 26.3 Å². The van der Waals surface area contributed by atoms with Crippen LogP contribution in [0, 0.1) is 0 Å². The zero-order valence-electron chi connectivity index (χ0n) is 34.1. The van der Waals surface area contributed by atoms with E-state index in [0.717, 1.165) is 16.0 Å². The Bertz CT molecular complexity index is 2350. The third-order valence-electron chi connectivity index (χ3n) is 10.6. The number of benzene rings is 5. The van der Waals surface area contributed by atoms with Crippen molar-refractivity contribution in [2.24, 2.45) is 0 Å². The van der Waals surface area contributed by atoms with E-state index in [0.29, 0.717) is 52.9 Å². The number of carbonyl (C=O) groups is 3.